The first-order valence-corrected chi connectivity index (χ1v) is 17.6. The molecule has 0 N–H and O–H groups in total. The molecule has 6 rings (SSSR count). The van der Waals surface area contributed by atoms with Crippen LogP contribution < -0.4 is 0 Å². The summed E-state index contributed by atoms with van der Waals surface area (Å²) in [5.41, 5.74) is 14.1. The Balaban J connectivity index is 1.42. The molecular formula is C36H40Si. The summed E-state index contributed by atoms with van der Waals surface area (Å²) < 4.78 is 0. The summed E-state index contributed by atoms with van der Waals surface area (Å²) in [4.78, 5) is 0. The van der Waals surface area contributed by atoms with Gasteiger partial charge in [0.25, 0.3) is 0 Å². The van der Waals surface area contributed by atoms with Gasteiger partial charge in [-0.05, 0) is 59.4 Å². The van der Waals surface area contributed by atoms with Gasteiger partial charge >= 0.3 is 0 Å². The summed E-state index contributed by atoms with van der Waals surface area (Å²) in [7, 11) is -1.92. The van der Waals surface area contributed by atoms with Crippen molar-refractivity contribution in [2.45, 2.75) is 88.1 Å². The van der Waals surface area contributed by atoms with Gasteiger partial charge < -0.3 is 0 Å². The molecular weight excluding hydrogens is 460 g/mol. The van der Waals surface area contributed by atoms with Crippen LogP contribution in [0.3, 0.4) is 0 Å². The molecule has 2 aromatic rings. The minimum Gasteiger partial charge on any atom is -0.117 e. The average molecular weight is 501 g/mol. The van der Waals surface area contributed by atoms with Crippen LogP contribution in [0.15, 0.2) is 118 Å². The topological polar surface area (TPSA) is 0 Å². The van der Waals surface area contributed by atoms with E-state index in [0.717, 1.165) is 0 Å². The van der Waals surface area contributed by atoms with E-state index in [-0.39, 0.29) is 10.8 Å². The van der Waals surface area contributed by atoms with Crippen molar-refractivity contribution in [3.8, 4) is 0 Å². The molecule has 0 aromatic heterocycles. The Morgan fingerprint density at radius 2 is 0.892 bits per heavy atom. The van der Waals surface area contributed by atoms with E-state index < -0.39 is 8.07 Å². The number of benzene rings is 2. The minimum atomic E-state index is -1.92. The molecule has 188 valence electrons. The second kappa shape index (κ2) is 9.81. The molecule has 2 aromatic carbocycles. The molecule has 1 heteroatoms. The number of rotatable bonds is 6. The van der Waals surface area contributed by atoms with Gasteiger partial charge in [0.1, 0.15) is 8.07 Å². The van der Waals surface area contributed by atoms with E-state index in [9.17, 15) is 0 Å². The van der Waals surface area contributed by atoms with Gasteiger partial charge in [0.2, 0.25) is 0 Å². The third-order valence-corrected chi connectivity index (χ3v) is 13.1. The molecule has 4 aliphatic rings. The Morgan fingerprint density at radius 1 is 0.514 bits per heavy atom. The molecule has 0 aliphatic heterocycles. The van der Waals surface area contributed by atoms with Crippen molar-refractivity contribution in [2.75, 3.05) is 0 Å². The lowest BCUT2D eigenvalue weighted by molar-refractivity contribution is 0.346. The number of allylic oxidation sites excluding steroid dienone is 6. The van der Waals surface area contributed by atoms with Crippen LogP contribution in [0.1, 0.15) is 75.3 Å². The highest BCUT2D eigenvalue weighted by molar-refractivity contribution is 6.91. The summed E-state index contributed by atoms with van der Waals surface area (Å²) in [6.45, 7) is 5.01. The molecule has 0 heterocycles. The second-order valence-electron chi connectivity index (χ2n) is 12.2. The monoisotopic (exact) mass is 500 g/mol. The summed E-state index contributed by atoms with van der Waals surface area (Å²) in [6.07, 6.45) is 22.6. The van der Waals surface area contributed by atoms with Crippen LogP contribution in [-0.2, 0) is 10.8 Å². The Morgan fingerprint density at radius 3 is 1.27 bits per heavy atom. The van der Waals surface area contributed by atoms with Crippen LogP contribution in [0.5, 0.6) is 0 Å². The lowest BCUT2D eigenvalue weighted by atomic mass is 9.65. The number of hydrogen-bond donors (Lipinski definition) is 0. The zero-order chi connectivity index (χ0) is 25.3. The third kappa shape index (κ3) is 4.24. The molecule has 2 fully saturated rings. The third-order valence-electron chi connectivity index (χ3n) is 9.82. The first kappa shape index (κ1) is 24.5. The second-order valence-corrected chi connectivity index (χ2v) is 16.5. The quantitative estimate of drug-likeness (QED) is 0.273. The largest absolute Gasteiger partial charge is 0.131 e. The number of hydrogen-bond acceptors (Lipinski definition) is 0. The summed E-state index contributed by atoms with van der Waals surface area (Å²) in [5, 5.41) is 2.88. The highest BCUT2D eigenvalue weighted by Crippen LogP contribution is 2.49. The van der Waals surface area contributed by atoms with Gasteiger partial charge in [-0.2, -0.15) is 0 Å². The fourth-order valence-corrected chi connectivity index (χ4v) is 9.66. The summed E-state index contributed by atoms with van der Waals surface area (Å²) in [6, 6.07) is 22.5. The maximum Gasteiger partial charge on any atom is 0.131 e. The molecule has 0 amide bonds. The van der Waals surface area contributed by atoms with Crippen molar-refractivity contribution in [1.29, 1.82) is 0 Å². The van der Waals surface area contributed by atoms with Crippen LogP contribution in [0.2, 0.25) is 13.1 Å². The van der Waals surface area contributed by atoms with Gasteiger partial charge in [-0.1, -0.05) is 124 Å². The van der Waals surface area contributed by atoms with Crippen molar-refractivity contribution in [1.82, 2.24) is 0 Å². The molecule has 0 unspecified atom stereocenters. The standard InChI is InChI=1S/C36H40Si/c1-37(2,33-21-19-31(27-33)35(23-11-5-12-24-35)29-15-7-3-8-16-29)34-22-20-32(28-34)36(25-13-6-14-26-36)30-17-9-4-10-18-30/h3-4,7-10,15-22H,5-6,11-14,23-26H2,1-2H3. The van der Waals surface area contributed by atoms with Crippen LogP contribution in [0, 0.1) is 0 Å². The van der Waals surface area contributed by atoms with E-state index in [0.29, 0.717) is 0 Å². The fourth-order valence-electron chi connectivity index (χ4n) is 7.47. The molecule has 0 spiro atoms. The lowest BCUT2D eigenvalue weighted by Gasteiger charge is -2.38. The van der Waals surface area contributed by atoms with Crippen molar-refractivity contribution < 1.29 is 0 Å². The maximum atomic E-state index is 4.03. The molecule has 0 atom stereocenters. The maximum absolute atomic E-state index is 4.03. The van der Waals surface area contributed by atoms with E-state index in [1.54, 1.807) is 0 Å². The Bertz CT molecular complexity index is 1230. The van der Waals surface area contributed by atoms with Gasteiger partial charge in [-0.15, -0.1) is 11.5 Å². The van der Waals surface area contributed by atoms with Crippen LogP contribution >= 0.6 is 0 Å². The highest BCUT2D eigenvalue weighted by atomic mass is 28.3. The first-order chi connectivity index (χ1) is 18.0. The zero-order valence-electron chi connectivity index (χ0n) is 22.7. The van der Waals surface area contributed by atoms with Crippen LogP contribution in [0.4, 0.5) is 0 Å². The first-order valence-electron chi connectivity index (χ1n) is 14.6. The van der Waals surface area contributed by atoms with Crippen LogP contribution in [0.25, 0.3) is 0 Å². The highest BCUT2D eigenvalue weighted by Gasteiger charge is 2.41. The van der Waals surface area contributed by atoms with Gasteiger partial charge in [0.05, 0.1) is 0 Å². The fraction of sp³-hybridized carbons (Fsp3) is 0.389. The van der Waals surface area contributed by atoms with Crippen LogP contribution in [-0.4, -0.2) is 8.07 Å². The lowest BCUT2D eigenvalue weighted by Crippen LogP contribution is -2.31. The van der Waals surface area contributed by atoms with Crippen molar-refractivity contribution in [2.24, 2.45) is 0 Å². The van der Waals surface area contributed by atoms with E-state index in [1.165, 1.54) is 96.9 Å². The smallest absolute Gasteiger partial charge is 0.117 e. The Hall–Kier alpha value is -2.82. The van der Waals surface area contributed by atoms with Gasteiger partial charge in [-0.25, -0.2) is 0 Å². The minimum absolute atomic E-state index is 0.128. The average Bonchev–Trinajstić information content (AvgIpc) is 3.67. The van der Waals surface area contributed by atoms with E-state index >= 15 is 0 Å². The Labute approximate surface area is 224 Å². The van der Waals surface area contributed by atoms with Gasteiger partial charge in [0.15, 0.2) is 0 Å². The van der Waals surface area contributed by atoms with E-state index in [1.807, 2.05) is 0 Å². The molecule has 0 bridgehead atoms. The summed E-state index contributed by atoms with van der Waals surface area (Å²) in [5.74, 6) is 0. The van der Waals surface area contributed by atoms with E-state index in [2.05, 4.69) is 110 Å². The van der Waals surface area contributed by atoms with E-state index in [4.69, 9.17) is 0 Å². The molecule has 37 heavy (non-hydrogen) atoms. The Kier molecular flexibility index (Phi) is 6.50. The zero-order valence-corrected chi connectivity index (χ0v) is 23.7. The van der Waals surface area contributed by atoms with Crippen molar-refractivity contribution in [3.63, 3.8) is 0 Å². The predicted molar refractivity (Wildman–Crippen MR) is 159 cm³/mol. The molecule has 0 saturated heterocycles. The predicted octanol–water partition coefficient (Wildman–Crippen LogP) is 9.62. The van der Waals surface area contributed by atoms with Gasteiger partial charge in [-0.3, -0.25) is 0 Å². The van der Waals surface area contributed by atoms with Crippen molar-refractivity contribution in [3.05, 3.63) is 129 Å². The molecule has 0 nitrogen and oxygen atoms in total. The normalized spacial score (nSPS) is 22.3. The molecule has 0 radical (unpaired) electrons. The van der Waals surface area contributed by atoms with Crippen molar-refractivity contribution >= 4 is 8.07 Å². The SMILES string of the molecule is C[Si](C)(C1=C=C(C2(c3ccccc3)CCCCC2)C=C1)C1=C=C(C2(c3ccccc3)CCCCC2)C=C1. The molecule has 2 saturated carbocycles. The molecule has 4 aliphatic carbocycles. The summed E-state index contributed by atoms with van der Waals surface area (Å²) >= 11 is 0. The van der Waals surface area contributed by atoms with Gasteiger partial charge in [0, 0.05) is 22.0 Å².